The minimum atomic E-state index is -0.202. The lowest BCUT2D eigenvalue weighted by atomic mass is 10.2. The largest absolute Gasteiger partial charge is 0.504 e. The lowest BCUT2D eigenvalue weighted by Gasteiger charge is -2.15. The van der Waals surface area contributed by atoms with Crippen molar-refractivity contribution in [1.29, 1.82) is 0 Å². The maximum Gasteiger partial charge on any atom is 0.160 e. The van der Waals surface area contributed by atoms with Crippen molar-refractivity contribution in [2.75, 3.05) is 20.2 Å². The zero-order valence-electron chi connectivity index (χ0n) is 9.39. The van der Waals surface area contributed by atoms with Gasteiger partial charge in [0, 0.05) is 19.6 Å². The summed E-state index contributed by atoms with van der Waals surface area (Å²) in [5.74, 6) is 0.657. The van der Waals surface area contributed by atoms with Gasteiger partial charge in [-0.05, 0) is 24.1 Å². The molecule has 1 fully saturated rings. The lowest BCUT2D eigenvalue weighted by molar-refractivity contribution is 0.175. The van der Waals surface area contributed by atoms with E-state index < -0.39 is 0 Å². The first kappa shape index (κ1) is 11.2. The Balaban J connectivity index is 2.02. The minimum absolute atomic E-state index is 0.166. The number of hydrogen-bond donors (Lipinski definition) is 2. The van der Waals surface area contributed by atoms with E-state index in [2.05, 4.69) is 4.90 Å². The molecule has 0 saturated carbocycles. The molecule has 0 spiro atoms. The molecule has 1 aromatic rings. The quantitative estimate of drug-likeness (QED) is 0.801. The first-order valence-electron chi connectivity index (χ1n) is 5.45. The predicted molar refractivity (Wildman–Crippen MR) is 60.6 cm³/mol. The number of likely N-dealkylation sites (tertiary alicyclic amines) is 1. The van der Waals surface area contributed by atoms with Gasteiger partial charge in [0.05, 0.1) is 13.2 Å². The summed E-state index contributed by atoms with van der Waals surface area (Å²) in [7, 11) is 1.53. The average molecular weight is 223 g/mol. The number of hydrogen-bond acceptors (Lipinski definition) is 4. The molecule has 4 nitrogen and oxygen atoms in total. The van der Waals surface area contributed by atoms with Crippen LogP contribution in [-0.4, -0.2) is 41.4 Å². The molecular weight excluding hydrogens is 206 g/mol. The van der Waals surface area contributed by atoms with E-state index in [-0.39, 0.29) is 11.9 Å². The van der Waals surface area contributed by atoms with E-state index in [1.165, 1.54) is 7.11 Å². The van der Waals surface area contributed by atoms with Gasteiger partial charge in [-0.2, -0.15) is 0 Å². The van der Waals surface area contributed by atoms with Crippen LogP contribution in [0.4, 0.5) is 0 Å². The number of nitrogens with zero attached hydrogens (tertiary/aromatic N) is 1. The number of rotatable bonds is 3. The van der Waals surface area contributed by atoms with Crippen LogP contribution in [0.3, 0.4) is 0 Å². The summed E-state index contributed by atoms with van der Waals surface area (Å²) in [6, 6.07) is 5.41. The summed E-state index contributed by atoms with van der Waals surface area (Å²) in [5.41, 5.74) is 1.03. The summed E-state index contributed by atoms with van der Waals surface area (Å²) in [6.45, 7) is 2.38. The molecule has 0 amide bonds. The standard InChI is InChI=1S/C12H17NO3/c1-16-12-3-2-9(6-11(12)15)7-13-5-4-10(14)8-13/h2-3,6,10,14-15H,4-5,7-8H2,1H3/t10-/m0/s1. The second-order valence-electron chi connectivity index (χ2n) is 4.18. The van der Waals surface area contributed by atoms with Crippen molar-refractivity contribution in [2.45, 2.75) is 19.1 Å². The van der Waals surface area contributed by atoms with Crippen LogP contribution in [-0.2, 0) is 6.54 Å². The molecule has 1 aromatic carbocycles. The van der Waals surface area contributed by atoms with Gasteiger partial charge in [-0.1, -0.05) is 6.07 Å². The Bertz CT molecular complexity index is 367. The topological polar surface area (TPSA) is 52.9 Å². The monoisotopic (exact) mass is 223 g/mol. The highest BCUT2D eigenvalue weighted by Crippen LogP contribution is 2.27. The minimum Gasteiger partial charge on any atom is -0.504 e. The fraction of sp³-hybridized carbons (Fsp3) is 0.500. The third kappa shape index (κ3) is 2.46. The normalized spacial score (nSPS) is 21.2. The Morgan fingerprint density at radius 2 is 2.31 bits per heavy atom. The van der Waals surface area contributed by atoms with Crippen LogP contribution in [0.15, 0.2) is 18.2 Å². The molecule has 2 N–H and O–H groups in total. The Hall–Kier alpha value is -1.26. The van der Waals surface area contributed by atoms with Crippen molar-refractivity contribution in [2.24, 2.45) is 0 Å². The smallest absolute Gasteiger partial charge is 0.160 e. The van der Waals surface area contributed by atoms with Crippen molar-refractivity contribution < 1.29 is 14.9 Å². The fourth-order valence-electron chi connectivity index (χ4n) is 2.05. The highest BCUT2D eigenvalue weighted by Gasteiger charge is 2.20. The summed E-state index contributed by atoms with van der Waals surface area (Å²) in [6.07, 6.45) is 0.633. The van der Waals surface area contributed by atoms with E-state index in [1.807, 2.05) is 6.07 Å². The number of aromatic hydroxyl groups is 1. The van der Waals surface area contributed by atoms with Crippen LogP contribution in [0.1, 0.15) is 12.0 Å². The molecule has 88 valence electrons. The van der Waals surface area contributed by atoms with Crippen molar-refractivity contribution in [3.63, 3.8) is 0 Å². The van der Waals surface area contributed by atoms with Gasteiger partial charge in [-0.3, -0.25) is 4.90 Å². The molecular formula is C12H17NO3. The second kappa shape index (κ2) is 4.72. The van der Waals surface area contributed by atoms with E-state index in [0.717, 1.165) is 25.1 Å². The fourth-order valence-corrected chi connectivity index (χ4v) is 2.05. The van der Waals surface area contributed by atoms with Gasteiger partial charge >= 0.3 is 0 Å². The lowest BCUT2D eigenvalue weighted by Crippen LogP contribution is -2.21. The third-order valence-corrected chi connectivity index (χ3v) is 2.90. The first-order valence-corrected chi connectivity index (χ1v) is 5.45. The number of phenols is 1. The Morgan fingerprint density at radius 3 is 2.88 bits per heavy atom. The van der Waals surface area contributed by atoms with Gasteiger partial charge in [-0.25, -0.2) is 0 Å². The van der Waals surface area contributed by atoms with Gasteiger partial charge in [0.25, 0.3) is 0 Å². The van der Waals surface area contributed by atoms with E-state index in [0.29, 0.717) is 12.3 Å². The summed E-state index contributed by atoms with van der Waals surface area (Å²) in [4.78, 5) is 2.17. The zero-order valence-corrected chi connectivity index (χ0v) is 9.39. The van der Waals surface area contributed by atoms with E-state index in [9.17, 15) is 10.2 Å². The van der Waals surface area contributed by atoms with Crippen LogP contribution in [0.25, 0.3) is 0 Å². The number of phenolic OH excluding ortho intramolecular Hbond substituents is 1. The predicted octanol–water partition coefficient (Wildman–Crippen LogP) is 0.967. The summed E-state index contributed by atoms with van der Waals surface area (Å²) in [5, 5.41) is 19.0. The van der Waals surface area contributed by atoms with Crippen molar-refractivity contribution >= 4 is 0 Å². The van der Waals surface area contributed by atoms with Crippen molar-refractivity contribution in [3.05, 3.63) is 23.8 Å². The number of aliphatic hydroxyl groups excluding tert-OH is 1. The highest BCUT2D eigenvalue weighted by molar-refractivity contribution is 5.41. The van der Waals surface area contributed by atoms with Gasteiger partial charge in [0.2, 0.25) is 0 Å². The Morgan fingerprint density at radius 1 is 1.50 bits per heavy atom. The first-order chi connectivity index (χ1) is 7.69. The molecule has 4 heteroatoms. The molecule has 16 heavy (non-hydrogen) atoms. The maximum atomic E-state index is 9.62. The van der Waals surface area contributed by atoms with Crippen LogP contribution in [0, 0.1) is 0 Å². The number of β-amino-alcohol motifs (C(OH)–C–C–N with tert-alkyl or cyclic N) is 1. The number of ether oxygens (including phenoxy) is 1. The highest BCUT2D eigenvalue weighted by atomic mass is 16.5. The van der Waals surface area contributed by atoms with Crippen LogP contribution in [0.5, 0.6) is 11.5 Å². The molecule has 0 radical (unpaired) electrons. The zero-order chi connectivity index (χ0) is 11.5. The molecule has 0 unspecified atom stereocenters. The molecule has 1 saturated heterocycles. The molecule has 1 heterocycles. The molecule has 2 rings (SSSR count). The van der Waals surface area contributed by atoms with Crippen LogP contribution >= 0.6 is 0 Å². The van der Waals surface area contributed by atoms with Crippen LogP contribution in [0.2, 0.25) is 0 Å². The maximum absolute atomic E-state index is 9.62. The molecule has 1 atom stereocenters. The van der Waals surface area contributed by atoms with Gasteiger partial charge < -0.3 is 14.9 Å². The number of benzene rings is 1. The van der Waals surface area contributed by atoms with E-state index >= 15 is 0 Å². The molecule has 1 aliphatic heterocycles. The summed E-state index contributed by atoms with van der Waals surface area (Å²) >= 11 is 0. The van der Waals surface area contributed by atoms with E-state index in [1.54, 1.807) is 12.1 Å². The Kier molecular flexibility index (Phi) is 3.31. The van der Waals surface area contributed by atoms with Gasteiger partial charge in [-0.15, -0.1) is 0 Å². The van der Waals surface area contributed by atoms with Crippen molar-refractivity contribution in [3.8, 4) is 11.5 Å². The Labute approximate surface area is 95.1 Å². The summed E-state index contributed by atoms with van der Waals surface area (Å²) < 4.78 is 4.98. The molecule has 1 aliphatic rings. The number of methoxy groups -OCH3 is 1. The third-order valence-electron chi connectivity index (χ3n) is 2.90. The molecule has 0 aliphatic carbocycles. The van der Waals surface area contributed by atoms with Crippen molar-refractivity contribution in [1.82, 2.24) is 4.90 Å². The molecule has 0 aromatic heterocycles. The van der Waals surface area contributed by atoms with Gasteiger partial charge in [0.15, 0.2) is 11.5 Å². The van der Waals surface area contributed by atoms with Gasteiger partial charge in [0.1, 0.15) is 0 Å². The molecule has 0 bridgehead atoms. The van der Waals surface area contributed by atoms with E-state index in [4.69, 9.17) is 4.74 Å². The average Bonchev–Trinajstić information content (AvgIpc) is 2.64. The number of aliphatic hydroxyl groups is 1. The second-order valence-corrected chi connectivity index (χ2v) is 4.18. The van der Waals surface area contributed by atoms with Crippen LogP contribution < -0.4 is 4.74 Å². The SMILES string of the molecule is COc1ccc(CN2CC[C@H](O)C2)cc1O.